The molecule has 6 nitrogen and oxygen atoms in total. The molecule has 3 heterocycles. The number of carbonyl (C=O) groups excluding carboxylic acids is 1. The van der Waals surface area contributed by atoms with E-state index in [4.69, 9.17) is 9.47 Å². The number of hydrogen-bond donors (Lipinski definition) is 1. The van der Waals surface area contributed by atoms with Gasteiger partial charge in [-0.25, -0.2) is 0 Å². The molecular formula is C18H27N3O3. The van der Waals surface area contributed by atoms with Gasteiger partial charge in [-0.1, -0.05) is 0 Å². The van der Waals surface area contributed by atoms with Crippen LogP contribution in [0.25, 0.3) is 0 Å². The molecule has 4 rings (SSSR count). The van der Waals surface area contributed by atoms with Crippen LogP contribution >= 0.6 is 0 Å². The number of fused-ring (bicyclic) bond motifs is 1. The summed E-state index contributed by atoms with van der Waals surface area (Å²) in [6.07, 6.45) is 6.19. The predicted octanol–water partition coefficient (Wildman–Crippen LogP) is 2.09. The van der Waals surface area contributed by atoms with E-state index in [0.717, 1.165) is 50.0 Å². The highest BCUT2D eigenvalue weighted by Crippen LogP contribution is 2.35. The van der Waals surface area contributed by atoms with Crippen LogP contribution in [-0.4, -0.2) is 58.5 Å². The van der Waals surface area contributed by atoms with Crippen LogP contribution in [0.2, 0.25) is 0 Å². The Morgan fingerprint density at radius 1 is 1.21 bits per heavy atom. The molecule has 0 aromatic carbocycles. The molecule has 2 saturated heterocycles. The minimum absolute atomic E-state index is 0.0377. The third-order valence-electron chi connectivity index (χ3n) is 5.38. The van der Waals surface area contributed by atoms with Crippen LogP contribution in [0.1, 0.15) is 61.3 Å². The maximum Gasteiger partial charge on any atom is 0.274 e. The Hall–Kier alpha value is -1.40. The van der Waals surface area contributed by atoms with Crippen molar-refractivity contribution >= 4 is 5.91 Å². The summed E-state index contributed by atoms with van der Waals surface area (Å²) in [4.78, 5) is 15.1. The summed E-state index contributed by atoms with van der Waals surface area (Å²) in [5.41, 5.74) is 2.16. The lowest BCUT2D eigenvalue weighted by atomic mass is 9.90. The van der Waals surface area contributed by atoms with Crippen molar-refractivity contribution in [2.75, 3.05) is 26.3 Å². The Kier molecular flexibility index (Phi) is 3.92. The van der Waals surface area contributed by atoms with Crippen LogP contribution in [0, 0.1) is 0 Å². The zero-order valence-corrected chi connectivity index (χ0v) is 14.7. The first kappa shape index (κ1) is 16.1. The number of rotatable bonds is 1. The molecule has 24 heavy (non-hydrogen) atoms. The normalized spacial score (nSPS) is 29.5. The highest BCUT2D eigenvalue weighted by atomic mass is 16.6. The quantitative estimate of drug-likeness (QED) is 0.854. The standard InChI is InChI=1S/C18H27N3O3/c1-17(2)10-21(11-18(24-17)8-5-9-23-12-18)16(22)15-13-6-3-4-7-14(13)19-20-15/h3-12H2,1-2H3,(H,19,20). The van der Waals surface area contributed by atoms with E-state index in [1.807, 2.05) is 4.90 Å². The van der Waals surface area contributed by atoms with Crippen LogP contribution in [0.3, 0.4) is 0 Å². The third-order valence-corrected chi connectivity index (χ3v) is 5.38. The maximum absolute atomic E-state index is 13.2. The second-order valence-electron chi connectivity index (χ2n) is 8.10. The number of amides is 1. The van der Waals surface area contributed by atoms with E-state index < -0.39 is 0 Å². The number of nitrogens with one attached hydrogen (secondary N) is 1. The van der Waals surface area contributed by atoms with Crippen LogP contribution in [-0.2, 0) is 22.3 Å². The maximum atomic E-state index is 13.2. The monoisotopic (exact) mass is 333 g/mol. The Morgan fingerprint density at radius 2 is 2.04 bits per heavy atom. The van der Waals surface area contributed by atoms with Crippen LogP contribution in [0.4, 0.5) is 0 Å². The summed E-state index contributed by atoms with van der Waals surface area (Å²) in [5.74, 6) is 0.0377. The van der Waals surface area contributed by atoms with Gasteiger partial charge in [0, 0.05) is 24.4 Å². The lowest BCUT2D eigenvalue weighted by Crippen LogP contribution is -2.63. The number of nitrogens with zero attached hydrogens (tertiary/aromatic N) is 2. The zero-order valence-electron chi connectivity index (χ0n) is 14.7. The van der Waals surface area contributed by atoms with Crippen LogP contribution in [0.15, 0.2) is 0 Å². The van der Waals surface area contributed by atoms with Crippen LogP contribution in [0.5, 0.6) is 0 Å². The van der Waals surface area contributed by atoms with Gasteiger partial charge in [-0.2, -0.15) is 5.10 Å². The third kappa shape index (κ3) is 2.86. The van der Waals surface area contributed by atoms with Gasteiger partial charge in [0.05, 0.1) is 18.8 Å². The fourth-order valence-electron chi connectivity index (χ4n) is 4.50. The highest BCUT2D eigenvalue weighted by molar-refractivity contribution is 5.94. The second kappa shape index (κ2) is 5.85. The summed E-state index contributed by atoms with van der Waals surface area (Å²) in [7, 11) is 0. The van der Waals surface area contributed by atoms with Crippen molar-refractivity contribution in [3.63, 3.8) is 0 Å². The zero-order chi connectivity index (χ0) is 16.8. The van der Waals surface area contributed by atoms with Gasteiger partial charge in [-0.3, -0.25) is 9.89 Å². The number of aromatic amines is 1. The highest BCUT2D eigenvalue weighted by Gasteiger charge is 2.47. The van der Waals surface area contributed by atoms with E-state index in [9.17, 15) is 4.79 Å². The van der Waals surface area contributed by atoms with Crippen LogP contribution < -0.4 is 0 Å². The van der Waals surface area contributed by atoms with E-state index in [-0.39, 0.29) is 17.1 Å². The molecule has 1 atom stereocenters. The number of aromatic nitrogens is 2. The summed E-state index contributed by atoms with van der Waals surface area (Å²) < 4.78 is 12.0. The average Bonchev–Trinajstić information content (AvgIpc) is 2.97. The number of hydrogen-bond acceptors (Lipinski definition) is 4. The van der Waals surface area contributed by atoms with Crippen molar-refractivity contribution in [3.8, 4) is 0 Å². The number of morpholine rings is 1. The SMILES string of the molecule is CC1(C)CN(C(=O)c2n[nH]c3c2CCCC3)CC2(CCCOC2)O1. The van der Waals surface area contributed by atoms with Crippen molar-refractivity contribution in [3.05, 3.63) is 17.0 Å². The minimum Gasteiger partial charge on any atom is -0.378 e. The molecular weight excluding hydrogens is 306 g/mol. The van der Waals surface area contributed by atoms with Gasteiger partial charge < -0.3 is 14.4 Å². The smallest absolute Gasteiger partial charge is 0.274 e. The van der Waals surface area contributed by atoms with Gasteiger partial charge in [0.15, 0.2) is 5.69 Å². The van der Waals surface area contributed by atoms with E-state index in [1.54, 1.807) is 0 Å². The summed E-state index contributed by atoms with van der Waals surface area (Å²) in [5, 5.41) is 7.45. The molecule has 2 aliphatic heterocycles. The van der Waals surface area contributed by atoms with Crippen molar-refractivity contribution in [1.29, 1.82) is 0 Å². The van der Waals surface area contributed by atoms with E-state index in [2.05, 4.69) is 24.0 Å². The molecule has 1 unspecified atom stereocenters. The van der Waals surface area contributed by atoms with E-state index >= 15 is 0 Å². The van der Waals surface area contributed by atoms with Gasteiger partial charge in [0.2, 0.25) is 0 Å². The summed E-state index contributed by atoms with van der Waals surface area (Å²) in [6, 6.07) is 0. The van der Waals surface area contributed by atoms with Crippen molar-refractivity contribution in [2.24, 2.45) is 0 Å². The molecule has 0 saturated carbocycles. The summed E-state index contributed by atoms with van der Waals surface area (Å²) >= 11 is 0. The topological polar surface area (TPSA) is 67.5 Å². The van der Waals surface area contributed by atoms with Gasteiger partial charge >= 0.3 is 0 Å². The number of carbonyl (C=O) groups is 1. The molecule has 6 heteroatoms. The largest absolute Gasteiger partial charge is 0.378 e. The van der Waals surface area contributed by atoms with E-state index in [0.29, 0.717) is 25.4 Å². The Morgan fingerprint density at radius 3 is 2.83 bits per heavy atom. The first-order chi connectivity index (χ1) is 11.5. The first-order valence-corrected chi connectivity index (χ1v) is 9.11. The van der Waals surface area contributed by atoms with Crippen molar-refractivity contribution in [1.82, 2.24) is 15.1 Å². The molecule has 1 aromatic heterocycles. The molecule has 1 aromatic rings. The lowest BCUT2D eigenvalue weighted by molar-refractivity contribution is -0.225. The molecule has 0 radical (unpaired) electrons. The first-order valence-electron chi connectivity index (χ1n) is 9.11. The second-order valence-corrected chi connectivity index (χ2v) is 8.10. The molecule has 2 fully saturated rings. The Balaban J connectivity index is 1.60. The van der Waals surface area contributed by atoms with Crippen molar-refractivity contribution in [2.45, 2.75) is 63.6 Å². The summed E-state index contributed by atoms with van der Waals surface area (Å²) in [6.45, 7) is 6.66. The van der Waals surface area contributed by atoms with Gasteiger partial charge in [0.25, 0.3) is 5.91 Å². The fraction of sp³-hybridized carbons (Fsp3) is 0.778. The Bertz CT molecular complexity index is 631. The molecule has 1 aliphatic carbocycles. The average molecular weight is 333 g/mol. The van der Waals surface area contributed by atoms with Gasteiger partial charge in [0.1, 0.15) is 5.60 Å². The Labute approximate surface area is 142 Å². The molecule has 132 valence electrons. The lowest BCUT2D eigenvalue weighted by Gasteiger charge is -2.51. The van der Waals surface area contributed by atoms with Crippen molar-refractivity contribution < 1.29 is 14.3 Å². The molecule has 0 bridgehead atoms. The predicted molar refractivity (Wildman–Crippen MR) is 89.1 cm³/mol. The molecule has 1 N–H and O–H groups in total. The van der Waals surface area contributed by atoms with Gasteiger partial charge in [-0.05, 0) is 52.4 Å². The van der Waals surface area contributed by atoms with E-state index in [1.165, 1.54) is 6.42 Å². The number of H-pyrrole nitrogens is 1. The molecule has 3 aliphatic rings. The van der Waals surface area contributed by atoms with Gasteiger partial charge in [-0.15, -0.1) is 0 Å². The molecule has 1 spiro atoms. The number of ether oxygens (including phenoxy) is 2. The number of aryl methyl sites for hydroxylation is 1. The minimum atomic E-state index is -0.370. The molecule has 1 amide bonds. The fourth-order valence-corrected chi connectivity index (χ4v) is 4.50.